The van der Waals surface area contributed by atoms with Crippen molar-refractivity contribution in [3.8, 4) is 0 Å². The van der Waals surface area contributed by atoms with Crippen LogP contribution in [-0.2, 0) is 32.3 Å². The Morgan fingerprint density at radius 3 is 2.33 bits per heavy atom. The molecule has 39 heavy (non-hydrogen) atoms. The maximum atomic E-state index is 13.8. The maximum Gasteiger partial charge on any atom is 0.416 e. The molecule has 0 radical (unpaired) electrons. The summed E-state index contributed by atoms with van der Waals surface area (Å²) >= 11 is 6.13. The Hall–Kier alpha value is -2.79. The van der Waals surface area contributed by atoms with Gasteiger partial charge in [-0.15, -0.1) is 0 Å². The summed E-state index contributed by atoms with van der Waals surface area (Å²) in [5.74, 6) is -1.10. The van der Waals surface area contributed by atoms with Gasteiger partial charge in [0.25, 0.3) is 0 Å². The van der Waals surface area contributed by atoms with Gasteiger partial charge in [-0.1, -0.05) is 55.6 Å². The van der Waals surface area contributed by atoms with Gasteiger partial charge in [-0.3, -0.25) is 13.9 Å². The third kappa shape index (κ3) is 7.88. The van der Waals surface area contributed by atoms with Crippen LogP contribution in [0.25, 0.3) is 0 Å². The molecule has 0 bridgehead atoms. The zero-order valence-corrected chi connectivity index (χ0v) is 23.7. The first-order valence-electron chi connectivity index (χ1n) is 12.7. The van der Waals surface area contributed by atoms with Gasteiger partial charge < -0.3 is 10.2 Å². The quantitative estimate of drug-likeness (QED) is 0.409. The molecule has 0 saturated heterocycles. The Labute approximate surface area is 232 Å². The van der Waals surface area contributed by atoms with Gasteiger partial charge in [-0.05, 0) is 55.5 Å². The fourth-order valence-corrected chi connectivity index (χ4v) is 5.86. The lowest BCUT2D eigenvalue weighted by atomic mass is 10.1. The lowest BCUT2D eigenvalue weighted by molar-refractivity contribution is -0.140. The van der Waals surface area contributed by atoms with Crippen LogP contribution in [0.1, 0.15) is 55.7 Å². The molecule has 0 spiro atoms. The van der Waals surface area contributed by atoms with E-state index in [9.17, 15) is 31.2 Å². The largest absolute Gasteiger partial charge is 0.416 e. The fraction of sp³-hybridized carbons (Fsp3) is 0.481. The number of hydrogen-bond acceptors (Lipinski definition) is 4. The lowest BCUT2D eigenvalue weighted by Crippen LogP contribution is -2.53. The SMILES string of the molecule is CC[C@@H](C(=O)NC1CCCC1)N(Cc1ccccc1C)C(=O)CN(c1cc(C(F)(F)F)ccc1Cl)S(C)(=O)=O. The number of hydrogen-bond donors (Lipinski definition) is 1. The van der Waals surface area contributed by atoms with Crippen molar-refractivity contribution in [3.63, 3.8) is 0 Å². The highest BCUT2D eigenvalue weighted by atomic mass is 35.5. The maximum absolute atomic E-state index is 13.8. The zero-order valence-electron chi connectivity index (χ0n) is 22.1. The van der Waals surface area contributed by atoms with Gasteiger partial charge >= 0.3 is 6.18 Å². The Balaban J connectivity index is 2.00. The molecule has 0 unspecified atom stereocenters. The van der Waals surface area contributed by atoms with Crippen molar-refractivity contribution in [1.82, 2.24) is 10.2 Å². The van der Waals surface area contributed by atoms with Gasteiger partial charge in [0, 0.05) is 12.6 Å². The summed E-state index contributed by atoms with van der Waals surface area (Å²) in [6.07, 6.45) is -0.0575. The van der Waals surface area contributed by atoms with E-state index in [4.69, 9.17) is 11.6 Å². The van der Waals surface area contributed by atoms with Crippen molar-refractivity contribution in [1.29, 1.82) is 0 Å². The molecule has 12 heteroatoms. The van der Waals surface area contributed by atoms with Crippen molar-refractivity contribution >= 4 is 39.1 Å². The summed E-state index contributed by atoms with van der Waals surface area (Å²) in [5, 5.41) is 2.74. The number of halogens is 4. The number of carbonyl (C=O) groups is 2. The third-order valence-corrected chi connectivity index (χ3v) is 8.36. The average Bonchev–Trinajstić information content (AvgIpc) is 3.35. The molecule has 1 saturated carbocycles. The number of nitrogens with zero attached hydrogens (tertiary/aromatic N) is 2. The van der Waals surface area contributed by atoms with Crippen LogP contribution < -0.4 is 9.62 Å². The van der Waals surface area contributed by atoms with E-state index < -0.39 is 45.9 Å². The minimum Gasteiger partial charge on any atom is -0.352 e. The summed E-state index contributed by atoms with van der Waals surface area (Å²) < 4.78 is 66.3. The number of anilines is 1. The molecular formula is C27H33ClF3N3O4S. The molecule has 2 amide bonds. The molecule has 214 valence electrons. The summed E-state index contributed by atoms with van der Waals surface area (Å²) in [4.78, 5) is 28.4. The number of carbonyl (C=O) groups excluding carboxylic acids is 2. The molecule has 1 fully saturated rings. The molecule has 1 atom stereocenters. The van der Waals surface area contributed by atoms with Crippen LogP contribution in [0.15, 0.2) is 42.5 Å². The molecule has 0 aromatic heterocycles. The van der Waals surface area contributed by atoms with Gasteiger partial charge in [-0.25, -0.2) is 8.42 Å². The van der Waals surface area contributed by atoms with Gasteiger partial charge in [0.1, 0.15) is 12.6 Å². The van der Waals surface area contributed by atoms with E-state index in [2.05, 4.69) is 5.32 Å². The Morgan fingerprint density at radius 1 is 1.13 bits per heavy atom. The Kier molecular flexibility index (Phi) is 9.93. The predicted octanol–water partition coefficient (Wildman–Crippen LogP) is 5.30. The highest BCUT2D eigenvalue weighted by Gasteiger charge is 2.36. The zero-order chi connectivity index (χ0) is 29.0. The van der Waals surface area contributed by atoms with Gasteiger partial charge in [-0.2, -0.15) is 13.2 Å². The molecule has 1 aliphatic rings. The number of amides is 2. The molecule has 7 nitrogen and oxygen atoms in total. The van der Waals surface area contributed by atoms with Gasteiger partial charge in [0.05, 0.1) is 22.5 Å². The smallest absolute Gasteiger partial charge is 0.352 e. The molecule has 2 aromatic rings. The average molecular weight is 588 g/mol. The van der Waals surface area contributed by atoms with Crippen molar-refractivity contribution < 1.29 is 31.2 Å². The molecular weight excluding hydrogens is 555 g/mol. The predicted molar refractivity (Wildman–Crippen MR) is 145 cm³/mol. The second-order valence-corrected chi connectivity index (χ2v) is 12.1. The van der Waals surface area contributed by atoms with E-state index in [1.54, 1.807) is 19.1 Å². The van der Waals surface area contributed by atoms with E-state index in [1.807, 2.05) is 19.1 Å². The molecule has 0 heterocycles. The normalized spacial score (nSPS) is 15.2. The first-order valence-corrected chi connectivity index (χ1v) is 14.9. The van der Waals surface area contributed by atoms with E-state index >= 15 is 0 Å². The van der Waals surface area contributed by atoms with E-state index in [-0.39, 0.29) is 29.9 Å². The monoisotopic (exact) mass is 587 g/mol. The fourth-order valence-electron chi connectivity index (χ4n) is 4.73. The number of rotatable bonds is 10. The number of alkyl halides is 3. The summed E-state index contributed by atoms with van der Waals surface area (Å²) in [6.45, 7) is 2.77. The van der Waals surface area contributed by atoms with E-state index in [1.165, 1.54) is 4.90 Å². The van der Waals surface area contributed by atoms with Crippen molar-refractivity contribution in [2.45, 2.75) is 70.8 Å². The second-order valence-electron chi connectivity index (χ2n) is 9.80. The minimum atomic E-state index is -4.75. The van der Waals surface area contributed by atoms with Crippen LogP contribution in [0.2, 0.25) is 5.02 Å². The lowest BCUT2D eigenvalue weighted by Gasteiger charge is -2.34. The third-order valence-electron chi connectivity index (χ3n) is 6.91. The first-order chi connectivity index (χ1) is 18.2. The summed E-state index contributed by atoms with van der Waals surface area (Å²) in [7, 11) is -4.25. The second kappa shape index (κ2) is 12.6. The number of benzene rings is 2. The molecule has 0 aliphatic heterocycles. The van der Waals surface area contributed by atoms with Crippen LogP contribution in [0, 0.1) is 6.92 Å². The molecule has 2 aromatic carbocycles. The minimum absolute atomic E-state index is 0.00148. The Bertz CT molecular complexity index is 1300. The van der Waals surface area contributed by atoms with Crippen molar-refractivity contribution in [2.24, 2.45) is 0 Å². The van der Waals surface area contributed by atoms with Crippen molar-refractivity contribution in [2.75, 3.05) is 17.1 Å². The van der Waals surface area contributed by atoms with Crippen molar-refractivity contribution in [3.05, 3.63) is 64.2 Å². The molecule has 1 N–H and O–H groups in total. The van der Waals surface area contributed by atoms with Crippen LogP contribution in [-0.4, -0.2) is 50.0 Å². The number of sulfonamides is 1. The van der Waals surface area contributed by atoms with Crippen LogP contribution in [0.5, 0.6) is 0 Å². The standard InChI is InChI=1S/C27H33ClF3N3O4S/c1-4-23(26(36)32-21-11-7-8-12-21)33(16-19-10-6-5-9-18(19)2)25(35)17-34(39(3,37)38)24-15-20(27(29,30)31)13-14-22(24)28/h5-6,9-10,13-15,21,23H,4,7-8,11-12,16-17H2,1-3H3,(H,32,36)/t23-/m0/s1. The van der Waals surface area contributed by atoms with Gasteiger partial charge in [0.15, 0.2) is 0 Å². The van der Waals surface area contributed by atoms with Crippen LogP contribution in [0.3, 0.4) is 0 Å². The molecule has 3 rings (SSSR count). The number of nitrogens with one attached hydrogen (secondary N) is 1. The van der Waals surface area contributed by atoms with E-state index in [0.717, 1.165) is 55.2 Å². The first kappa shape index (κ1) is 30.7. The number of aryl methyl sites for hydroxylation is 1. The van der Waals surface area contributed by atoms with Gasteiger partial charge in [0.2, 0.25) is 21.8 Å². The molecule has 1 aliphatic carbocycles. The summed E-state index contributed by atoms with van der Waals surface area (Å²) in [6, 6.07) is 8.63. The highest BCUT2D eigenvalue weighted by molar-refractivity contribution is 7.92. The van der Waals surface area contributed by atoms with E-state index in [0.29, 0.717) is 10.4 Å². The summed E-state index contributed by atoms with van der Waals surface area (Å²) in [5.41, 5.74) is 0.0343. The van der Waals surface area contributed by atoms with Crippen LogP contribution in [0.4, 0.5) is 18.9 Å². The topological polar surface area (TPSA) is 86.8 Å². The van der Waals surface area contributed by atoms with Crippen LogP contribution >= 0.6 is 11.6 Å². The Morgan fingerprint density at radius 2 is 1.77 bits per heavy atom. The highest BCUT2D eigenvalue weighted by Crippen LogP contribution is 2.36.